The minimum Gasteiger partial charge on any atom is -0.418 e. The maximum absolute atomic E-state index is 12.2. The molecule has 3 heteroatoms. The standard InChI is InChI=1S/C24H20O3/c1-3-18(2)26-24(25)27-23-21(17-19-11-6-4-7-12-19)15-10-16-22(23)20-13-8-5-9-14-20/h1,4-16,18H,17H2,2H3. The first-order valence-corrected chi connectivity index (χ1v) is 8.73. The summed E-state index contributed by atoms with van der Waals surface area (Å²) in [4.78, 5) is 12.2. The predicted molar refractivity (Wildman–Crippen MR) is 107 cm³/mol. The van der Waals surface area contributed by atoms with Gasteiger partial charge in [-0.05, 0) is 18.1 Å². The van der Waals surface area contributed by atoms with E-state index >= 15 is 0 Å². The highest BCUT2D eigenvalue weighted by atomic mass is 16.7. The van der Waals surface area contributed by atoms with Crippen molar-refractivity contribution in [2.24, 2.45) is 0 Å². The van der Waals surface area contributed by atoms with Crippen LogP contribution < -0.4 is 4.74 Å². The summed E-state index contributed by atoms with van der Waals surface area (Å²) in [5.74, 6) is 2.85. The van der Waals surface area contributed by atoms with Crippen molar-refractivity contribution in [2.45, 2.75) is 19.4 Å². The number of benzene rings is 3. The molecule has 0 fully saturated rings. The number of para-hydroxylation sites is 1. The quantitative estimate of drug-likeness (QED) is 0.345. The van der Waals surface area contributed by atoms with Crippen molar-refractivity contribution < 1.29 is 14.3 Å². The Morgan fingerprint density at radius 3 is 2.30 bits per heavy atom. The van der Waals surface area contributed by atoms with Crippen LogP contribution >= 0.6 is 0 Å². The second kappa shape index (κ2) is 8.73. The van der Waals surface area contributed by atoms with Gasteiger partial charge in [0.25, 0.3) is 0 Å². The predicted octanol–water partition coefficient (Wildman–Crippen LogP) is 5.48. The van der Waals surface area contributed by atoms with Crippen molar-refractivity contribution in [1.82, 2.24) is 0 Å². The van der Waals surface area contributed by atoms with Crippen LogP contribution in [0.2, 0.25) is 0 Å². The number of terminal acetylenes is 1. The maximum atomic E-state index is 12.2. The van der Waals surface area contributed by atoms with Crippen LogP contribution in [0.25, 0.3) is 11.1 Å². The van der Waals surface area contributed by atoms with Gasteiger partial charge >= 0.3 is 6.16 Å². The minimum atomic E-state index is -0.807. The van der Waals surface area contributed by atoms with E-state index in [2.05, 4.69) is 5.92 Å². The number of hydrogen-bond acceptors (Lipinski definition) is 3. The van der Waals surface area contributed by atoms with Crippen LogP contribution in [0.4, 0.5) is 4.79 Å². The maximum Gasteiger partial charge on any atom is 0.515 e. The van der Waals surface area contributed by atoms with Gasteiger partial charge in [-0.25, -0.2) is 4.79 Å². The second-order valence-corrected chi connectivity index (χ2v) is 6.10. The molecule has 0 spiro atoms. The van der Waals surface area contributed by atoms with Gasteiger partial charge in [-0.3, -0.25) is 0 Å². The third-order valence-electron chi connectivity index (χ3n) is 4.11. The number of carbonyl (C=O) groups is 1. The fraction of sp³-hybridized carbons (Fsp3) is 0.125. The molecule has 0 aromatic heterocycles. The lowest BCUT2D eigenvalue weighted by atomic mass is 9.97. The Kier molecular flexibility index (Phi) is 5.91. The molecule has 3 nitrogen and oxygen atoms in total. The summed E-state index contributed by atoms with van der Waals surface area (Å²) in [5, 5.41) is 0. The third-order valence-corrected chi connectivity index (χ3v) is 4.11. The highest BCUT2D eigenvalue weighted by Crippen LogP contribution is 2.34. The Hall–Kier alpha value is -3.51. The van der Waals surface area contributed by atoms with Gasteiger partial charge in [0.2, 0.25) is 0 Å². The summed E-state index contributed by atoms with van der Waals surface area (Å²) < 4.78 is 10.7. The van der Waals surface area contributed by atoms with Gasteiger partial charge in [0.15, 0.2) is 6.10 Å². The van der Waals surface area contributed by atoms with Crippen LogP contribution in [0.5, 0.6) is 5.75 Å². The molecule has 0 saturated carbocycles. The summed E-state index contributed by atoms with van der Waals surface area (Å²) >= 11 is 0. The first-order valence-electron chi connectivity index (χ1n) is 8.73. The Bertz CT molecular complexity index is 940. The molecule has 0 aliphatic heterocycles. The summed E-state index contributed by atoms with van der Waals surface area (Å²) in [6, 6.07) is 25.7. The van der Waals surface area contributed by atoms with Gasteiger partial charge < -0.3 is 9.47 Å². The summed E-state index contributed by atoms with van der Waals surface area (Å²) in [5.41, 5.74) is 3.81. The monoisotopic (exact) mass is 356 g/mol. The van der Waals surface area contributed by atoms with Crippen LogP contribution in [0.1, 0.15) is 18.1 Å². The van der Waals surface area contributed by atoms with Gasteiger partial charge in [-0.15, -0.1) is 6.42 Å². The topological polar surface area (TPSA) is 35.5 Å². The molecule has 0 N–H and O–H groups in total. The van der Waals surface area contributed by atoms with E-state index in [0.29, 0.717) is 12.2 Å². The second-order valence-electron chi connectivity index (χ2n) is 6.10. The molecule has 0 aliphatic rings. The first kappa shape index (κ1) is 18.3. The fourth-order valence-corrected chi connectivity index (χ4v) is 2.79. The highest BCUT2D eigenvalue weighted by Gasteiger charge is 2.18. The lowest BCUT2D eigenvalue weighted by Gasteiger charge is -2.16. The van der Waals surface area contributed by atoms with E-state index in [-0.39, 0.29) is 0 Å². The van der Waals surface area contributed by atoms with Gasteiger partial charge in [0.1, 0.15) is 5.75 Å². The number of rotatable bonds is 5. The molecule has 0 bridgehead atoms. The lowest BCUT2D eigenvalue weighted by molar-refractivity contribution is 0.0852. The highest BCUT2D eigenvalue weighted by molar-refractivity contribution is 5.76. The van der Waals surface area contributed by atoms with Crippen molar-refractivity contribution in [3.8, 4) is 29.2 Å². The fourth-order valence-electron chi connectivity index (χ4n) is 2.79. The van der Waals surface area contributed by atoms with Crippen molar-refractivity contribution in [2.75, 3.05) is 0 Å². The van der Waals surface area contributed by atoms with Crippen molar-refractivity contribution in [3.63, 3.8) is 0 Å². The summed E-state index contributed by atoms with van der Waals surface area (Å²) in [6.07, 6.45) is 4.46. The zero-order valence-corrected chi connectivity index (χ0v) is 15.1. The molecule has 0 saturated heterocycles. The van der Waals surface area contributed by atoms with Gasteiger partial charge in [-0.2, -0.15) is 0 Å². The largest absolute Gasteiger partial charge is 0.515 e. The van der Waals surface area contributed by atoms with E-state index < -0.39 is 12.3 Å². The summed E-state index contributed by atoms with van der Waals surface area (Å²) in [6.45, 7) is 1.62. The molecule has 1 unspecified atom stereocenters. The van der Waals surface area contributed by atoms with Gasteiger partial charge in [0, 0.05) is 17.5 Å². The van der Waals surface area contributed by atoms with Gasteiger partial charge in [0.05, 0.1) is 0 Å². The van der Waals surface area contributed by atoms with Crippen molar-refractivity contribution in [3.05, 3.63) is 90.0 Å². The molecule has 3 rings (SSSR count). The van der Waals surface area contributed by atoms with E-state index in [9.17, 15) is 4.79 Å². The summed E-state index contributed by atoms with van der Waals surface area (Å²) in [7, 11) is 0. The van der Waals surface area contributed by atoms with E-state index in [0.717, 1.165) is 22.3 Å². The van der Waals surface area contributed by atoms with Crippen molar-refractivity contribution in [1.29, 1.82) is 0 Å². The van der Waals surface area contributed by atoms with Crippen LogP contribution in [-0.2, 0) is 11.2 Å². The van der Waals surface area contributed by atoms with Crippen LogP contribution in [-0.4, -0.2) is 12.3 Å². The Labute approximate surface area is 159 Å². The molecular weight excluding hydrogens is 336 g/mol. The minimum absolute atomic E-state index is 0.488. The Morgan fingerprint density at radius 2 is 1.63 bits per heavy atom. The molecule has 0 amide bonds. The molecule has 1 atom stereocenters. The zero-order chi connectivity index (χ0) is 19.1. The van der Waals surface area contributed by atoms with E-state index in [1.807, 2.05) is 78.9 Å². The molecule has 3 aromatic carbocycles. The third kappa shape index (κ3) is 4.77. The first-order chi connectivity index (χ1) is 13.2. The van der Waals surface area contributed by atoms with Crippen LogP contribution in [0.15, 0.2) is 78.9 Å². The molecule has 0 radical (unpaired) electrons. The van der Waals surface area contributed by atoms with Gasteiger partial charge in [-0.1, -0.05) is 84.8 Å². The number of hydrogen-bond donors (Lipinski definition) is 0. The van der Waals surface area contributed by atoms with Crippen LogP contribution in [0.3, 0.4) is 0 Å². The molecule has 134 valence electrons. The molecular formula is C24H20O3. The SMILES string of the molecule is C#CC(C)OC(=O)Oc1c(Cc2ccccc2)cccc1-c1ccccc1. The number of ether oxygens (including phenoxy) is 2. The van der Waals surface area contributed by atoms with E-state index in [1.165, 1.54) is 0 Å². The Morgan fingerprint density at radius 1 is 0.963 bits per heavy atom. The lowest BCUT2D eigenvalue weighted by Crippen LogP contribution is -2.18. The molecule has 0 heterocycles. The number of carbonyl (C=O) groups excluding carboxylic acids is 1. The Balaban J connectivity index is 2.00. The van der Waals surface area contributed by atoms with Crippen LogP contribution in [0, 0.1) is 12.3 Å². The molecule has 0 aliphatic carbocycles. The normalized spacial score (nSPS) is 11.3. The molecule has 3 aromatic rings. The van der Waals surface area contributed by atoms with E-state index in [4.69, 9.17) is 15.9 Å². The zero-order valence-electron chi connectivity index (χ0n) is 15.1. The average Bonchev–Trinajstić information content (AvgIpc) is 2.70. The average molecular weight is 356 g/mol. The smallest absolute Gasteiger partial charge is 0.418 e. The van der Waals surface area contributed by atoms with E-state index in [1.54, 1.807) is 6.92 Å². The molecule has 27 heavy (non-hydrogen) atoms. The van der Waals surface area contributed by atoms with Crippen molar-refractivity contribution >= 4 is 6.16 Å².